The molecule has 3 heteroatoms. The normalized spacial score (nSPS) is 11.3. The number of methoxy groups -OCH3 is 1. The van der Waals surface area contributed by atoms with Gasteiger partial charge in [0.2, 0.25) is 0 Å². The van der Waals surface area contributed by atoms with Crippen molar-refractivity contribution in [2.24, 2.45) is 0 Å². The second kappa shape index (κ2) is 4.34. The lowest BCUT2D eigenvalue weighted by atomic mass is 10.1. The summed E-state index contributed by atoms with van der Waals surface area (Å²) in [6, 6.07) is 0. The quantitative estimate of drug-likeness (QED) is 0.582. The van der Waals surface area contributed by atoms with Crippen molar-refractivity contribution in [1.29, 1.82) is 0 Å². The van der Waals surface area contributed by atoms with Crippen LogP contribution in [0.2, 0.25) is 0 Å². The molecule has 3 nitrogen and oxygen atoms in total. The van der Waals surface area contributed by atoms with Crippen molar-refractivity contribution in [3.8, 4) is 0 Å². The summed E-state index contributed by atoms with van der Waals surface area (Å²) in [5, 5.41) is 0. The first-order valence-electron chi connectivity index (χ1n) is 3.72. The molecule has 0 amide bonds. The third-order valence-corrected chi connectivity index (χ3v) is 1.66. The van der Waals surface area contributed by atoms with Gasteiger partial charge in [0.1, 0.15) is 6.61 Å². The van der Waals surface area contributed by atoms with Gasteiger partial charge >= 0.3 is 5.97 Å². The summed E-state index contributed by atoms with van der Waals surface area (Å²) >= 11 is 0. The molecule has 0 spiro atoms. The Morgan fingerprint density at radius 3 is 2.36 bits per heavy atom. The molecule has 66 valence electrons. The highest BCUT2D eigenvalue weighted by Gasteiger charge is 2.16. The second-order valence-corrected chi connectivity index (χ2v) is 2.98. The first-order chi connectivity index (χ1) is 5.02. The van der Waals surface area contributed by atoms with Crippen LogP contribution < -0.4 is 0 Å². The minimum absolute atomic E-state index is 0.0390. The van der Waals surface area contributed by atoms with Crippen molar-refractivity contribution in [2.75, 3.05) is 13.7 Å². The van der Waals surface area contributed by atoms with Gasteiger partial charge in [-0.15, -0.1) is 0 Å². The lowest BCUT2D eigenvalue weighted by Gasteiger charge is -2.22. The van der Waals surface area contributed by atoms with Crippen LogP contribution in [0, 0.1) is 0 Å². The Hall–Kier alpha value is -0.570. The summed E-state index contributed by atoms with van der Waals surface area (Å²) in [4.78, 5) is 10.6. The molecule has 0 saturated carbocycles. The minimum atomic E-state index is -0.327. The Bertz CT molecular complexity index is 129. The van der Waals surface area contributed by atoms with Gasteiger partial charge < -0.3 is 9.47 Å². The largest absolute Gasteiger partial charge is 0.467 e. The van der Waals surface area contributed by atoms with E-state index in [1.807, 2.05) is 20.8 Å². The molecule has 0 atom stereocenters. The topological polar surface area (TPSA) is 35.5 Å². The van der Waals surface area contributed by atoms with Crippen LogP contribution in [0.4, 0.5) is 0 Å². The molecule has 0 aliphatic heterocycles. The molecule has 0 bridgehead atoms. The minimum Gasteiger partial charge on any atom is -0.467 e. The smallest absolute Gasteiger partial charge is 0.331 e. The Kier molecular flexibility index (Phi) is 4.11. The monoisotopic (exact) mass is 160 g/mol. The third kappa shape index (κ3) is 4.79. The SMILES string of the molecule is CCC(C)(C)OCC(=O)OC. The summed E-state index contributed by atoms with van der Waals surface area (Å²) in [5.74, 6) is -0.327. The lowest BCUT2D eigenvalue weighted by Crippen LogP contribution is -2.27. The maximum absolute atomic E-state index is 10.6. The molecule has 0 heterocycles. The van der Waals surface area contributed by atoms with Crippen molar-refractivity contribution >= 4 is 5.97 Å². The van der Waals surface area contributed by atoms with Crippen LogP contribution in [0.1, 0.15) is 27.2 Å². The molecule has 0 saturated heterocycles. The Morgan fingerprint density at radius 2 is 2.00 bits per heavy atom. The summed E-state index contributed by atoms with van der Waals surface area (Å²) in [7, 11) is 1.35. The van der Waals surface area contributed by atoms with Crippen LogP contribution >= 0.6 is 0 Å². The fourth-order valence-corrected chi connectivity index (χ4v) is 0.415. The van der Waals surface area contributed by atoms with Crippen LogP contribution in [0.25, 0.3) is 0 Å². The Balaban J connectivity index is 3.61. The van der Waals surface area contributed by atoms with E-state index in [0.717, 1.165) is 6.42 Å². The van der Waals surface area contributed by atoms with E-state index in [9.17, 15) is 4.79 Å². The molecule has 0 aromatic rings. The predicted octanol–water partition coefficient (Wildman–Crippen LogP) is 1.36. The molecular formula is C8H16O3. The van der Waals surface area contributed by atoms with Gasteiger partial charge in [-0.25, -0.2) is 4.79 Å². The van der Waals surface area contributed by atoms with E-state index in [-0.39, 0.29) is 18.2 Å². The predicted molar refractivity (Wildman–Crippen MR) is 42.3 cm³/mol. The van der Waals surface area contributed by atoms with E-state index in [4.69, 9.17) is 4.74 Å². The number of carbonyl (C=O) groups is 1. The van der Waals surface area contributed by atoms with E-state index in [0.29, 0.717) is 0 Å². The molecule has 0 aromatic heterocycles. The Labute approximate surface area is 67.7 Å². The van der Waals surface area contributed by atoms with E-state index < -0.39 is 0 Å². The number of carbonyl (C=O) groups excluding carboxylic acids is 1. The van der Waals surface area contributed by atoms with Gasteiger partial charge in [0, 0.05) is 0 Å². The van der Waals surface area contributed by atoms with E-state index in [2.05, 4.69) is 4.74 Å². The second-order valence-electron chi connectivity index (χ2n) is 2.98. The molecule has 0 fully saturated rings. The summed E-state index contributed by atoms with van der Waals surface area (Å²) in [6.45, 7) is 5.93. The van der Waals surface area contributed by atoms with Crippen LogP contribution in [0.3, 0.4) is 0 Å². The Morgan fingerprint density at radius 1 is 1.45 bits per heavy atom. The first-order valence-corrected chi connectivity index (χ1v) is 3.72. The highest BCUT2D eigenvalue weighted by atomic mass is 16.6. The summed E-state index contributed by atoms with van der Waals surface area (Å²) in [5.41, 5.74) is -0.228. The zero-order valence-corrected chi connectivity index (χ0v) is 7.64. The van der Waals surface area contributed by atoms with Gasteiger partial charge in [-0.05, 0) is 20.3 Å². The number of hydrogen-bond donors (Lipinski definition) is 0. The first kappa shape index (κ1) is 10.4. The van der Waals surface area contributed by atoms with E-state index in [1.165, 1.54) is 7.11 Å². The highest BCUT2D eigenvalue weighted by Crippen LogP contribution is 2.12. The van der Waals surface area contributed by atoms with Crippen molar-refractivity contribution in [3.05, 3.63) is 0 Å². The van der Waals surface area contributed by atoms with Gasteiger partial charge in [-0.3, -0.25) is 0 Å². The molecular weight excluding hydrogens is 144 g/mol. The molecule has 0 aliphatic rings. The molecule has 0 N–H and O–H groups in total. The number of esters is 1. The van der Waals surface area contributed by atoms with Crippen LogP contribution in [0.15, 0.2) is 0 Å². The fourth-order valence-electron chi connectivity index (χ4n) is 0.415. The van der Waals surface area contributed by atoms with E-state index >= 15 is 0 Å². The molecule has 11 heavy (non-hydrogen) atoms. The van der Waals surface area contributed by atoms with Crippen LogP contribution in [-0.4, -0.2) is 25.3 Å². The van der Waals surface area contributed by atoms with Crippen molar-refractivity contribution in [3.63, 3.8) is 0 Å². The standard InChI is InChI=1S/C8H16O3/c1-5-8(2,3)11-6-7(9)10-4/h5-6H2,1-4H3. The van der Waals surface area contributed by atoms with Gasteiger partial charge in [0.25, 0.3) is 0 Å². The molecule has 0 aromatic carbocycles. The third-order valence-electron chi connectivity index (χ3n) is 1.66. The van der Waals surface area contributed by atoms with Crippen LogP contribution in [-0.2, 0) is 14.3 Å². The van der Waals surface area contributed by atoms with Crippen molar-refractivity contribution < 1.29 is 14.3 Å². The zero-order valence-electron chi connectivity index (χ0n) is 7.64. The maximum Gasteiger partial charge on any atom is 0.331 e. The van der Waals surface area contributed by atoms with Gasteiger partial charge in [0.15, 0.2) is 0 Å². The van der Waals surface area contributed by atoms with Gasteiger partial charge in [-0.1, -0.05) is 6.92 Å². The lowest BCUT2D eigenvalue weighted by molar-refractivity contribution is -0.151. The summed E-state index contributed by atoms with van der Waals surface area (Å²) in [6.07, 6.45) is 0.879. The highest BCUT2D eigenvalue weighted by molar-refractivity contribution is 5.70. The van der Waals surface area contributed by atoms with Crippen molar-refractivity contribution in [2.45, 2.75) is 32.8 Å². The molecule has 0 aliphatic carbocycles. The number of ether oxygens (including phenoxy) is 2. The van der Waals surface area contributed by atoms with Gasteiger partial charge in [0.05, 0.1) is 12.7 Å². The van der Waals surface area contributed by atoms with Crippen molar-refractivity contribution in [1.82, 2.24) is 0 Å². The summed E-state index contributed by atoms with van der Waals surface area (Å²) < 4.78 is 9.68. The molecule has 0 unspecified atom stereocenters. The average Bonchev–Trinajstić information content (AvgIpc) is 2.00. The van der Waals surface area contributed by atoms with Gasteiger partial charge in [-0.2, -0.15) is 0 Å². The van der Waals surface area contributed by atoms with E-state index in [1.54, 1.807) is 0 Å². The van der Waals surface area contributed by atoms with Crippen LogP contribution in [0.5, 0.6) is 0 Å². The number of hydrogen-bond acceptors (Lipinski definition) is 3. The fraction of sp³-hybridized carbons (Fsp3) is 0.875. The maximum atomic E-state index is 10.6. The number of rotatable bonds is 4. The molecule has 0 rings (SSSR count). The molecule has 0 radical (unpaired) electrons. The average molecular weight is 160 g/mol. The zero-order chi connectivity index (χ0) is 8.91.